The van der Waals surface area contributed by atoms with Crippen LogP contribution in [0.2, 0.25) is 5.02 Å². The molecule has 1 fully saturated rings. The van der Waals surface area contributed by atoms with E-state index >= 15 is 0 Å². The molecule has 3 rings (SSSR count). The molecular weight excluding hydrogens is 320 g/mol. The highest BCUT2D eigenvalue weighted by molar-refractivity contribution is 6.31. The van der Waals surface area contributed by atoms with E-state index in [-0.39, 0.29) is 24.8 Å². The molecule has 1 N–H and O–H groups in total. The van der Waals surface area contributed by atoms with Gasteiger partial charge < -0.3 is 14.6 Å². The van der Waals surface area contributed by atoms with Crippen LogP contribution in [-0.4, -0.2) is 46.7 Å². The van der Waals surface area contributed by atoms with Crippen molar-refractivity contribution in [3.05, 3.63) is 39.9 Å². The first kappa shape index (κ1) is 16.4. The lowest BCUT2D eigenvalue weighted by Gasteiger charge is -2.15. The summed E-state index contributed by atoms with van der Waals surface area (Å²) in [5, 5.41) is 11.0. The maximum atomic E-state index is 12.4. The van der Waals surface area contributed by atoms with Crippen LogP contribution < -0.4 is 5.56 Å². The van der Waals surface area contributed by atoms with Crippen molar-refractivity contribution in [3.63, 3.8) is 0 Å². The number of rotatable bonds is 6. The Balaban J connectivity index is 1.61. The van der Waals surface area contributed by atoms with Crippen molar-refractivity contribution < 1.29 is 14.6 Å². The smallest absolute Gasteiger partial charge is 0.261 e. The standard InChI is InChI=1S/C16H19ClN2O4/c17-11-3-4-15-14(6-11)16(21)19(10-18-15)7-12(20)8-22-9-13-2-1-5-23-13/h3-4,6,10,12-13,20H,1-2,5,7-9H2. The number of benzene rings is 1. The Bertz CT molecular complexity index is 728. The summed E-state index contributed by atoms with van der Waals surface area (Å²) in [6.45, 7) is 1.52. The third-order valence-electron chi connectivity index (χ3n) is 3.83. The number of aromatic nitrogens is 2. The molecule has 0 aliphatic carbocycles. The molecule has 0 saturated carbocycles. The third kappa shape index (κ3) is 4.09. The predicted molar refractivity (Wildman–Crippen MR) is 86.8 cm³/mol. The second kappa shape index (κ2) is 7.40. The zero-order valence-electron chi connectivity index (χ0n) is 12.7. The van der Waals surface area contributed by atoms with Crippen LogP contribution in [0, 0.1) is 0 Å². The van der Waals surface area contributed by atoms with E-state index in [0.717, 1.165) is 19.4 Å². The van der Waals surface area contributed by atoms with E-state index in [1.807, 2.05) is 0 Å². The van der Waals surface area contributed by atoms with Crippen LogP contribution >= 0.6 is 11.6 Å². The average Bonchev–Trinajstić information content (AvgIpc) is 3.04. The lowest BCUT2D eigenvalue weighted by Crippen LogP contribution is -2.30. The number of halogens is 1. The zero-order valence-corrected chi connectivity index (χ0v) is 13.4. The fraction of sp³-hybridized carbons (Fsp3) is 0.500. The Labute approximate surface area is 138 Å². The zero-order chi connectivity index (χ0) is 16.2. The van der Waals surface area contributed by atoms with Gasteiger partial charge in [-0.05, 0) is 31.0 Å². The van der Waals surface area contributed by atoms with E-state index in [1.165, 1.54) is 10.9 Å². The molecule has 2 unspecified atom stereocenters. The summed E-state index contributed by atoms with van der Waals surface area (Å²) in [6, 6.07) is 4.97. The van der Waals surface area contributed by atoms with Gasteiger partial charge in [0.15, 0.2) is 0 Å². The van der Waals surface area contributed by atoms with Crippen molar-refractivity contribution >= 4 is 22.5 Å². The number of hydrogen-bond donors (Lipinski definition) is 1. The fourth-order valence-corrected chi connectivity index (χ4v) is 2.82. The van der Waals surface area contributed by atoms with E-state index < -0.39 is 6.10 Å². The Hall–Kier alpha value is -1.47. The quantitative estimate of drug-likeness (QED) is 0.866. The second-order valence-corrected chi connectivity index (χ2v) is 6.13. The summed E-state index contributed by atoms with van der Waals surface area (Å²) >= 11 is 5.92. The van der Waals surface area contributed by atoms with Gasteiger partial charge in [0.25, 0.3) is 5.56 Å². The molecule has 1 aliphatic rings. The molecule has 7 heteroatoms. The van der Waals surface area contributed by atoms with Gasteiger partial charge >= 0.3 is 0 Å². The SMILES string of the molecule is O=c1c2cc(Cl)ccc2ncn1CC(O)COCC1CCCO1. The molecule has 0 radical (unpaired) electrons. The van der Waals surface area contributed by atoms with Gasteiger partial charge in [-0.25, -0.2) is 4.98 Å². The minimum absolute atomic E-state index is 0.120. The number of hydrogen-bond acceptors (Lipinski definition) is 5. The monoisotopic (exact) mass is 338 g/mol. The summed E-state index contributed by atoms with van der Waals surface area (Å²) in [5.74, 6) is 0. The summed E-state index contributed by atoms with van der Waals surface area (Å²) in [5.41, 5.74) is 0.357. The van der Waals surface area contributed by atoms with Crippen molar-refractivity contribution in [2.45, 2.75) is 31.6 Å². The van der Waals surface area contributed by atoms with Gasteiger partial charge in [-0.3, -0.25) is 9.36 Å². The van der Waals surface area contributed by atoms with E-state index in [2.05, 4.69) is 4.98 Å². The number of aliphatic hydroxyl groups is 1. The molecule has 2 aromatic rings. The van der Waals surface area contributed by atoms with Gasteiger partial charge in [0.1, 0.15) is 0 Å². The molecule has 6 nitrogen and oxygen atoms in total. The topological polar surface area (TPSA) is 73.6 Å². The molecule has 2 heterocycles. The van der Waals surface area contributed by atoms with Gasteiger partial charge in [0, 0.05) is 11.6 Å². The van der Waals surface area contributed by atoms with Crippen LogP contribution in [0.3, 0.4) is 0 Å². The lowest BCUT2D eigenvalue weighted by molar-refractivity contribution is -0.0209. The number of aliphatic hydroxyl groups excluding tert-OH is 1. The molecule has 0 spiro atoms. The van der Waals surface area contributed by atoms with Gasteiger partial charge in [-0.15, -0.1) is 0 Å². The van der Waals surface area contributed by atoms with E-state index in [9.17, 15) is 9.90 Å². The Morgan fingerprint density at radius 3 is 3.17 bits per heavy atom. The molecule has 23 heavy (non-hydrogen) atoms. The number of fused-ring (bicyclic) bond motifs is 1. The summed E-state index contributed by atoms with van der Waals surface area (Å²) in [6.07, 6.45) is 2.81. The molecule has 0 amide bonds. The van der Waals surface area contributed by atoms with E-state index in [0.29, 0.717) is 22.5 Å². The minimum Gasteiger partial charge on any atom is -0.389 e. The molecule has 0 bridgehead atoms. The molecule has 1 aliphatic heterocycles. The highest BCUT2D eigenvalue weighted by Gasteiger charge is 2.16. The normalized spacial score (nSPS) is 19.3. The Morgan fingerprint density at radius 2 is 2.39 bits per heavy atom. The van der Waals surface area contributed by atoms with Crippen molar-refractivity contribution in [2.75, 3.05) is 19.8 Å². The van der Waals surface area contributed by atoms with Crippen LogP contribution in [0.25, 0.3) is 10.9 Å². The van der Waals surface area contributed by atoms with Crippen LogP contribution in [0.5, 0.6) is 0 Å². The minimum atomic E-state index is -0.785. The van der Waals surface area contributed by atoms with E-state index in [4.69, 9.17) is 21.1 Å². The molecule has 1 aromatic carbocycles. The summed E-state index contributed by atoms with van der Waals surface area (Å²) < 4.78 is 12.3. The second-order valence-electron chi connectivity index (χ2n) is 5.69. The van der Waals surface area contributed by atoms with Crippen LogP contribution in [0.1, 0.15) is 12.8 Å². The highest BCUT2D eigenvalue weighted by atomic mass is 35.5. The van der Waals surface area contributed by atoms with Crippen LogP contribution in [0.4, 0.5) is 0 Å². The maximum Gasteiger partial charge on any atom is 0.261 e. The summed E-state index contributed by atoms with van der Waals surface area (Å²) in [7, 11) is 0. The molecule has 124 valence electrons. The predicted octanol–water partition coefficient (Wildman–Crippen LogP) is 1.61. The Morgan fingerprint density at radius 1 is 1.52 bits per heavy atom. The first-order valence-corrected chi connectivity index (χ1v) is 8.03. The number of nitrogens with zero attached hydrogens (tertiary/aromatic N) is 2. The van der Waals surface area contributed by atoms with Crippen molar-refractivity contribution in [3.8, 4) is 0 Å². The molecule has 2 atom stereocenters. The van der Waals surface area contributed by atoms with Crippen molar-refractivity contribution in [1.82, 2.24) is 9.55 Å². The maximum absolute atomic E-state index is 12.4. The average molecular weight is 339 g/mol. The van der Waals surface area contributed by atoms with Gasteiger partial charge in [0.05, 0.1) is 49.2 Å². The molecular formula is C16H19ClN2O4. The van der Waals surface area contributed by atoms with Crippen molar-refractivity contribution in [2.24, 2.45) is 0 Å². The summed E-state index contributed by atoms with van der Waals surface area (Å²) in [4.78, 5) is 16.6. The van der Waals surface area contributed by atoms with Crippen LogP contribution in [-0.2, 0) is 16.0 Å². The fourth-order valence-electron chi connectivity index (χ4n) is 2.65. The third-order valence-corrected chi connectivity index (χ3v) is 4.07. The molecule has 1 saturated heterocycles. The lowest BCUT2D eigenvalue weighted by atomic mass is 10.2. The van der Waals surface area contributed by atoms with Gasteiger partial charge in [0.2, 0.25) is 0 Å². The Kier molecular flexibility index (Phi) is 5.27. The largest absolute Gasteiger partial charge is 0.389 e. The first-order chi connectivity index (χ1) is 11.1. The van der Waals surface area contributed by atoms with E-state index in [1.54, 1.807) is 18.2 Å². The van der Waals surface area contributed by atoms with Gasteiger partial charge in [-0.2, -0.15) is 0 Å². The van der Waals surface area contributed by atoms with Crippen LogP contribution in [0.15, 0.2) is 29.3 Å². The molecule has 1 aromatic heterocycles. The van der Waals surface area contributed by atoms with Gasteiger partial charge in [-0.1, -0.05) is 11.6 Å². The van der Waals surface area contributed by atoms with Crippen molar-refractivity contribution in [1.29, 1.82) is 0 Å². The first-order valence-electron chi connectivity index (χ1n) is 7.65. The number of ether oxygens (including phenoxy) is 2. The highest BCUT2D eigenvalue weighted by Crippen LogP contribution is 2.14.